The summed E-state index contributed by atoms with van der Waals surface area (Å²) in [6, 6.07) is 5.79. The zero-order chi connectivity index (χ0) is 14.0. The van der Waals surface area contributed by atoms with E-state index in [-0.39, 0.29) is 10.9 Å². The van der Waals surface area contributed by atoms with Crippen LogP contribution in [0.4, 0.5) is 5.69 Å². The lowest BCUT2D eigenvalue weighted by Crippen LogP contribution is -2.46. The number of sulfonamides is 1. The van der Waals surface area contributed by atoms with E-state index in [9.17, 15) is 13.5 Å². The van der Waals surface area contributed by atoms with E-state index in [2.05, 4.69) is 0 Å². The Morgan fingerprint density at radius 3 is 2.37 bits per heavy atom. The molecule has 106 valence electrons. The van der Waals surface area contributed by atoms with Crippen molar-refractivity contribution in [1.82, 2.24) is 4.31 Å². The highest BCUT2D eigenvalue weighted by atomic mass is 32.2. The first-order chi connectivity index (χ1) is 8.93. The fourth-order valence-corrected chi connectivity index (χ4v) is 3.92. The molecule has 0 radical (unpaired) electrons. The van der Waals surface area contributed by atoms with Crippen molar-refractivity contribution in [2.24, 2.45) is 0 Å². The second kappa shape index (κ2) is 5.48. The van der Waals surface area contributed by atoms with Crippen LogP contribution in [0.25, 0.3) is 0 Å². The fourth-order valence-electron chi connectivity index (χ4n) is 2.50. The Balaban J connectivity index is 2.25. The number of rotatable bonds is 3. The van der Waals surface area contributed by atoms with Crippen molar-refractivity contribution in [3.8, 4) is 0 Å². The van der Waals surface area contributed by atoms with Crippen LogP contribution in [-0.2, 0) is 10.0 Å². The van der Waals surface area contributed by atoms with Gasteiger partial charge in [-0.1, -0.05) is 12.8 Å². The minimum Gasteiger partial charge on any atom is -0.399 e. The maximum absolute atomic E-state index is 12.5. The van der Waals surface area contributed by atoms with E-state index >= 15 is 0 Å². The number of nitrogens with two attached hydrogens (primary N) is 1. The Labute approximate surface area is 114 Å². The van der Waals surface area contributed by atoms with Crippen molar-refractivity contribution in [2.75, 3.05) is 12.8 Å². The van der Waals surface area contributed by atoms with Crippen LogP contribution in [0.2, 0.25) is 0 Å². The first kappa shape index (κ1) is 14.3. The summed E-state index contributed by atoms with van der Waals surface area (Å²) >= 11 is 0. The molecule has 19 heavy (non-hydrogen) atoms. The first-order valence-corrected chi connectivity index (χ1v) is 7.88. The van der Waals surface area contributed by atoms with E-state index in [0.717, 1.165) is 12.8 Å². The number of aliphatic hydroxyl groups is 1. The highest BCUT2D eigenvalue weighted by molar-refractivity contribution is 7.89. The number of benzene rings is 1. The Kier molecular flexibility index (Phi) is 4.13. The molecule has 5 nitrogen and oxygen atoms in total. The summed E-state index contributed by atoms with van der Waals surface area (Å²) in [6.45, 7) is 0. The van der Waals surface area contributed by atoms with Crippen molar-refractivity contribution < 1.29 is 13.5 Å². The lowest BCUT2D eigenvalue weighted by molar-refractivity contribution is 0.0638. The minimum absolute atomic E-state index is 0.210. The van der Waals surface area contributed by atoms with Gasteiger partial charge in [-0.15, -0.1) is 0 Å². The average Bonchev–Trinajstić information content (AvgIpc) is 2.39. The maximum atomic E-state index is 12.5. The molecule has 1 aromatic carbocycles. The Hall–Kier alpha value is -1.11. The van der Waals surface area contributed by atoms with E-state index in [1.54, 1.807) is 12.1 Å². The average molecular weight is 284 g/mol. The number of hydrogen-bond acceptors (Lipinski definition) is 4. The number of likely N-dealkylation sites (N-methyl/N-ethyl adjacent to an activating group) is 1. The zero-order valence-corrected chi connectivity index (χ0v) is 11.8. The Bertz CT molecular complexity index is 527. The third-order valence-electron chi connectivity index (χ3n) is 3.72. The normalized spacial score (nSPS) is 24.6. The number of anilines is 1. The van der Waals surface area contributed by atoms with Crippen molar-refractivity contribution in [1.29, 1.82) is 0 Å². The van der Waals surface area contributed by atoms with Gasteiger partial charge in [-0.2, -0.15) is 4.31 Å². The molecule has 2 atom stereocenters. The summed E-state index contributed by atoms with van der Waals surface area (Å²) in [4.78, 5) is 0.210. The largest absolute Gasteiger partial charge is 0.399 e. The van der Waals surface area contributed by atoms with E-state index in [0.29, 0.717) is 18.5 Å². The van der Waals surface area contributed by atoms with Crippen LogP contribution in [0.5, 0.6) is 0 Å². The predicted molar refractivity (Wildman–Crippen MR) is 74.1 cm³/mol. The molecule has 1 aromatic rings. The summed E-state index contributed by atoms with van der Waals surface area (Å²) < 4.78 is 26.2. The van der Waals surface area contributed by atoms with Crippen LogP contribution in [-0.4, -0.2) is 37.0 Å². The molecule has 6 heteroatoms. The minimum atomic E-state index is -3.57. The molecule has 0 heterocycles. The van der Waals surface area contributed by atoms with Gasteiger partial charge in [0, 0.05) is 12.7 Å². The van der Waals surface area contributed by atoms with Crippen LogP contribution in [0.1, 0.15) is 25.7 Å². The molecule has 0 saturated heterocycles. The maximum Gasteiger partial charge on any atom is 0.243 e. The monoisotopic (exact) mass is 284 g/mol. The Morgan fingerprint density at radius 2 is 1.79 bits per heavy atom. The van der Waals surface area contributed by atoms with Crippen LogP contribution in [0.3, 0.4) is 0 Å². The van der Waals surface area contributed by atoms with Gasteiger partial charge in [0.05, 0.1) is 17.0 Å². The molecule has 0 aromatic heterocycles. The molecule has 0 amide bonds. The third kappa shape index (κ3) is 2.91. The van der Waals surface area contributed by atoms with Gasteiger partial charge in [-0.05, 0) is 37.1 Å². The van der Waals surface area contributed by atoms with E-state index in [1.807, 2.05) is 0 Å². The van der Waals surface area contributed by atoms with Gasteiger partial charge < -0.3 is 10.8 Å². The summed E-state index contributed by atoms with van der Waals surface area (Å²) in [5, 5.41) is 9.97. The van der Waals surface area contributed by atoms with Crippen molar-refractivity contribution in [2.45, 2.75) is 42.7 Å². The molecule has 2 rings (SSSR count). The topological polar surface area (TPSA) is 83.6 Å². The summed E-state index contributed by atoms with van der Waals surface area (Å²) in [5.41, 5.74) is 6.09. The number of aliphatic hydroxyl groups excluding tert-OH is 1. The van der Waals surface area contributed by atoms with Crippen molar-refractivity contribution >= 4 is 15.7 Å². The molecule has 3 N–H and O–H groups in total. The van der Waals surface area contributed by atoms with Crippen LogP contribution < -0.4 is 5.73 Å². The van der Waals surface area contributed by atoms with Crippen LogP contribution in [0.15, 0.2) is 29.2 Å². The van der Waals surface area contributed by atoms with Crippen molar-refractivity contribution in [3.63, 3.8) is 0 Å². The zero-order valence-electron chi connectivity index (χ0n) is 11.0. The summed E-state index contributed by atoms with van der Waals surface area (Å²) in [5.74, 6) is 0. The van der Waals surface area contributed by atoms with Gasteiger partial charge in [-0.25, -0.2) is 8.42 Å². The van der Waals surface area contributed by atoms with E-state index in [4.69, 9.17) is 5.73 Å². The highest BCUT2D eigenvalue weighted by Gasteiger charge is 2.34. The first-order valence-electron chi connectivity index (χ1n) is 6.44. The molecule has 0 spiro atoms. The highest BCUT2D eigenvalue weighted by Crippen LogP contribution is 2.27. The van der Waals surface area contributed by atoms with Gasteiger partial charge >= 0.3 is 0 Å². The molecular weight excluding hydrogens is 264 g/mol. The standard InChI is InChI=1S/C13H20N2O3S/c1-15(12-4-2-3-5-13(12)16)19(17,18)11-8-6-10(14)7-9-11/h6-9,12-13,16H,2-5,14H2,1H3. The molecule has 1 aliphatic rings. The Morgan fingerprint density at radius 1 is 1.21 bits per heavy atom. The number of nitrogens with zero attached hydrogens (tertiary/aromatic N) is 1. The molecule has 0 bridgehead atoms. The van der Waals surface area contributed by atoms with Gasteiger partial charge in [0.1, 0.15) is 0 Å². The third-order valence-corrected chi connectivity index (χ3v) is 5.61. The SMILES string of the molecule is CN(C1CCCCC1O)S(=O)(=O)c1ccc(N)cc1. The molecule has 1 fully saturated rings. The smallest absolute Gasteiger partial charge is 0.243 e. The quantitative estimate of drug-likeness (QED) is 0.817. The predicted octanol–water partition coefficient (Wildman–Crippen LogP) is 1.19. The lowest BCUT2D eigenvalue weighted by atomic mass is 9.93. The van der Waals surface area contributed by atoms with Gasteiger partial charge in [0.2, 0.25) is 10.0 Å². The molecule has 1 saturated carbocycles. The van der Waals surface area contributed by atoms with E-state index < -0.39 is 16.1 Å². The van der Waals surface area contributed by atoms with E-state index in [1.165, 1.54) is 23.5 Å². The second-order valence-electron chi connectivity index (χ2n) is 5.01. The van der Waals surface area contributed by atoms with Crippen LogP contribution >= 0.6 is 0 Å². The summed E-state index contributed by atoms with van der Waals surface area (Å²) in [6.07, 6.45) is 2.68. The van der Waals surface area contributed by atoms with Crippen LogP contribution in [0, 0.1) is 0 Å². The molecule has 1 aliphatic carbocycles. The molecule has 0 aliphatic heterocycles. The van der Waals surface area contributed by atoms with Crippen molar-refractivity contribution in [3.05, 3.63) is 24.3 Å². The molecule has 2 unspecified atom stereocenters. The second-order valence-corrected chi connectivity index (χ2v) is 7.01. The number of hydrogen-bond donors (Lipinski definition) is 2. The van der Waals surface area contributed by atoms with Gasteiger partial charge in [0.25, 0.3) is 0 Å². The van der Waals surface area contributed by atoms with Gasteiger partial charge in [-0.3, -0.25) is 0 Å². The summed E-state index contributed by atoms with van der Waals surface area (Å²) in [7, 11) is -2.04. The lowest BCUT2D eigenvalue weighted by Gasteiger charge is -2.34. The fraction of sp³-hybridized carbons (Fsp3) is 0.538. The number of nitrogen functional groups attached to an aromatic ring is 1. The molecular formula is C13H20N2O3S. The van der Waals surface area contributed by atoms with Gasteiger partial charge in [0.15, 0.2) is 0 Å².